The lowest BCUT2D eigenvalue weighted by Gasteiger charge is -2.10. The predicted molar refractivity (Wildman–Crippen MR) is 83.1 cm³/mol. The van der Waals surface area contributed by atoms with Crippen molar-refractivity contribution in [2.24, 2.45) is 0 Å². The van der Waals surface area contributed by atoms with Gasteiger partial charge in [-0.3, -0.25) is 9.52 Å². The molecule has 2 aromatic carbocycles. The zero-order valence-electron chi connectivity index (χ0n) is 12.4. The molecule has 0 aliphatic rings. The Morgan fingerprint density at radius 3 is 1.92 bits per heavy atom. The van der Waals surface area contributed by atoms with Crippen molar-refractivity contribution < 1.29 is 26.4 Å². The molecule has 2 rings (SSSR count). The van der Waals surface area contributed by atoms with Crippen molar-refractivity contribution in [1.82, 2.24) is 0 Å². The number of hydrogen-bond donors (Lipinski definition) is 2. The standard InChI is InChI=1S/C15H13F3N2O3S/c1-10-2-8-13(9-3-10)24(22,23)20-12-6-4-11(5-7-12)19-14(21)15(16,17)18/h2-9,20H,1H3,(H,19,21). The van der Waals surface area contributed by atoms with E-state index < -0.39 is 22.1 Å². The van der Waals surface area contributed by atoms with Crippen LogP contribution in [0.25, 0.3) is 0 Å². The summed E-state index contributed by atoms with van der Waals surface area (Å²) in [5, 5.41) is 1.67. The van der Waals surface area contributed by atoms with Gasteiger partial charge >= 0.3 is 12.1 Å². The van der Waals surface area contributed by atoms with E-state index in [4.69, 9.17) is 0 Å². The molecular formula is C15H13F3N2O3S. The summed E-state index contributed by atoms with van der Waals surface area (Å²) < 4.78 is 63.1. The SMILES string of the molecule is Cc1ccc(S(=O)(=O)Nc2ccc(NC(=O)C(F)(F)F)cc2)cc1. The van der Waals surface area contributed by atoms with Gasteiger partial charge in [-0.2, -0.15) is 13.2 Å². The maximum absolute atomic E-state index is 12.2. The molecule has 0 aromatic heterocycles. The van der Waals surface area contributed by atoms with Crippen LogP contribution in [0.5, 0.6) is 0 Å². The van der Waals surface area contributed by atoms with Gasteiger partial charge in [-0.05, 0) is 43.3 Å². The number of benzene rings is 2. The van der Waals surface area contributed by atoms with Crippen LogP contribution in [-0.4, -0.2) is 20.5 Å². The van der Waals surface area contributed by atoms with E-state index in [0.717, 1.165) is 17.7 Å². The molecule has 128 valence electrons. The highest BCUT2D eigenvalue weighted by Crippen LogP contribution is 2.21. The summed E-state index contributed by atoms with van der Waals surface area (Å²) in [6.07, 6.45) is -4.99. The van der Waals surface area contributed by atoms with E-state index >= 15 is 0 Å². The number of rotatable bonds is 4. The zero-order chi connectivity index (χ0) is 18.0. The smallest absolute Gasteiger partial charge is 0.318 e. The summed E-state index contributed by atoms with van der Waals surface area (Å²) in [6, 6.07) is 11.0. The average molecular weight is 358 g/mol. The molecule has 9 heteroatoms. The van der Waals surface area contributed by atoms with Gasteiger partial charge in [0.1, 0.15) is 0 Å². The van der Waals surface area contributed by atoms with Crippen molar-refractivity contribution in [2.75, 3.05) is 10.0 Å². The molecule has 1 amide bonds. The Morgan fingerprint density at radius 1 is 0.917 bits per heavy atom. The molecule has 0 unspecified atom stereocenters. The Morgan fingerprint density at radius 2 is 1.42 bits per heavy atom. The lowest BCUT2D eigenvalue weighted by atomic mass is 10.2. The number of sulfonamides is 1. The van der Waals surface area contributed by atoms with E-state index in [-0.39, 0.29) is 16.3 Å². The highest BCUT2D eigenvalue weighted by atomic mass is 32.2. The first-order chi connectivity index (χ1) is 11.1. The van der Waals surface area contributed by atoms with Crippen molar-refractivity contribution in [3.8, 4) is 0 Å². The highest BCUT2D eigenvalue weighted by Gasteiger charge is 2.38. The fourth-order valence-electron chi connectivity index (χ4n) is 1.76. The zero-order valence-corrected chi connectivity index (χ0v) is 13.2. The molecule has 0 heterocycles. The van der Waals surface area contributed by atoms with Gasteiger partial charge in [-0.15, -0.1) is 0 Å². The summed E-state index contributed by atoms with van der Waals surface area (Å²) in [4.78, 5) is 10.9. The van der Waals surface area contributed by atoms with E-state index in [9.17, 15) is 26.4 Å². The second kappa shape index (κ2) is 6.52. The van der Waals surface area contributed by atoms with Crippen LogP contribution in [0.4, 0.5) is 24.5 Å². The van der Waals surface area contributed by atoms with E-state index in [1.54, 1.807) is 17.4 Å². The first kappa shape index (κ1) is 17.8. The van der Waals surface area contributed by atoms with Gasteiger partial charge in [0, 0.05) is 11.4 Å². The van der Waals surface area contributed by atoms with Gasteiger partial charge in [-0.1, -0.05) is 17.7 Å². The van der Waals surface area contributed by atoms with Crippen molar-refractivity contribution in [3.05, 3.63) is 54.1 Å². The number of carbonyl (C=O) groups is 1. The van der Waals surface area contributed by atoms with Crippen LogP contribution in [0, 0.1) is 6.92 Å². The fraction of sp³-hybridized carbons (Fsp3) is 0.133. The second-order valence-corrected chi connectivity index (χ2v) is 6.63. The number of carbonyl (C=O) groups excluding carboxylic acids is 1. The number of anilines is 2. The third-order valence-corrected chi connectivity index (χ3v) is 4.38. The normalized spacial score (nSPS) is 11.8. The quantitative estimate of drug-likeness (QED) is 0.881. The summed E-state index contributed by atoms with van der Waals surface area (Å²) in [5.74, 6) is -2.10. The predicted octanol–water partition coefficient (Wildman–Crippen LogP) is 3.30. The molecule has 24 heavy (non-hydrogen) atoms. The summed E-state index contributed by atoms with van der Waals surface area (Å²) in [6.45, 7) is 1.82. The lowest BCUT2D eigenvalue weighted by Crippen LogP contribution is -2.29. The Hall–Kier alpha value is -2.55. The van der Waals surface area contributed by atoms with Gasteiger partial charge in [0.05, 0.1) is 4.90 Å². The van der Waals surface area contributed by atoms with Crippen molar-refractivity contribution in [2.45, 2.75) is 18.0 Å². The minimum atomic E-state index is -4.99. The second-order valence-electron chi connectivity index (χ2n) is 4.95. The molecular weight excluding hydrogens is 345 g/mol. The number of amides is 1. The Balaban J connectivity index is 2.11. The first-order valence-corrected chi connectivity index (χ1v) is 8.14. The molecule has 5 nitrogen and oxygen atoms in total. The van der Waals surface area contributed by atoms with Crippen LogP contribution in [0.3, 0.4) is 0 Å². The van der Waals surface area contributed by atoms with Crippen LogP contribution in [-0.2, 0) is 14.8 Å². The highest BCUT2D eigenvalue weighted by molar-refractivity contribution is 7.92. The summed E-state index contributed by atoms with van der Waals surface area (Å²) >= 11 is 0. The largest absolute Gasteiger partial charge is 0.471 e. The summed E-state index contributed by atoms with van der Waals surface area (Å²) in [5.41, 5.74) is 0.954. The van der Waals surface area contributed by atoms with Crippen molar-refractivity contribution in [1.29, 1.82) is 0 Å². The van der Waals surface area contributed by atoms with Crippen LogP contribution in [0.15, 0.2) is 53.4 Å². The van der Waals surface area contributed by atoms with Gasteiger partial charge in [0.25, 0.3) is 10.0 Å². The average Bonchev–Trinajstić information content (AvgIpc) is 2.48. The molecule has 2 N–H and O–H groups in total. The molecule has 0 aliphatic heterocycles. The number of alkyl halides is 3. The molecule has 0 radical (unpaired) electrons. The Labute approximate surface area is 136 Å². The molecule has 0 saturated heterocycles. The maximum Gasteiger partial charge on any atom is 0.471 e. The minimum absolute atomic E-state index is 0.0579. The lowest BCUT2D eigenvalue weighted by molar-refractivity contribution is -0.167. The third kappa shape index (κ3) is 4.48. The van der Waals surface area contributed by atoms with E-state index in [2.05, 4.69) is 4.72 Å². The molecule has 0 saturated carbocycles. The van der Waals surface area contributed by atoms with E-state index in [1.165, 1.54) is 24.3 Å². The first-order valence-electron chi connectivity index (χ1n) is 6.66. The van der Waals surface area contributed by atoms with Gasteiger partial charge in [0.15, 0.2) is 0 Å². The number of nitrogens with one attached hydrogen (secondary N) is 2. The van der Waals surface area contributed by atoms with E-state index in [1.807, 2.05) is 6.92 Å². The molecule has 0 bridgehead atoms. The molecule has 0 atom stereocenters. The van der Waals surface area contributed by atoms with Gasteiger partial charge in [-0.25, -0.2) is 8.42 Å². The molecule has 0 aliphatic carbocycles. The number of halogens is 3. The Bertz CT molecular complexity index is 830. The van der Waals surface area contributed by atoms with Gasteiger partial charge in [0.2, 0.25) is 0 Å². The van der Waals surface area contributed by atoms with Crippen molar-refractivity contribution >= 4 is 27.3 Å². The third-order valence-electron chi connectivity index (χ3n) is 2.98. The van der Waals surface area contributed by atoms with Crippen molar-refractivity contribution in [3.63, 3.8) is 0 Å². The topological polar surface area (TPSA) is 75.3 Å². The van der Waals surface area contributed by atoms with Crippen LogP contribution in [0.2, 0.25) is 0 Å². The van der Waals surface area contributed by atoms with E-state index in [0.29, 0.717) is 0 Å². The summed E-state index contributed by atoms with van der Waals surface area (Å²) in [7, 11) is -3.81. The number of aryl methyl sites for hydroxylation is 1. The number of hydrogen-bond acceptors (Lipinski definition) is 3. The minimum Gasteiger partial charge on any atom is -0.318 e. The monoisotopic (exact) mass is 358 g/mol. The molecule has 2 aromatic rings. The van der Waals surface area contributed by atoms with Crippen LogP contribution >= 0.6 is 0 Å². The van der Waals surface area contributed by atoms with Crippen LogP contribution in [0.1, 0.15) is 5.56 Å². The van der Waals surface area contributed by atoms with Crippen LogP contribution < -0.4 is 10.0 Å². The molecule has 0 fully saturated rings. The molecule has 0 spiro atoms. The Kier molecular flexibility index (Phi) is 4.83. The van der Waals surface area contributed by atoms with Gasteiger partial charge < -0.3 is 5.32 Å². The maximum atomic E-state index is 12.2. The fourth-order valence-corrected chi connectivity index (χ4v) is 2.81.